The van der Waals surface area contributed by atoms with Crippen molar-refractivity contribution in [2.24, 2.45) is 5.92 Å². The summed E-state index contributed by atoms with van der Waals surface area (Å²) in [7, 11) is 0. The maximum absolute atomic E-state index is 14.1. The number of rotatable bonds is 4. The average Bonchev–Trinajstić information content (AvgIpc) is 3.27. The Kier molecular flexibility index (Phi) is 4.44. The summed E-state index contributed by atoms with van der Waals surface area (Å²) in [5.41, 5.74) is 1.89. The predicted molar refractivity (Wildman–Crippen MR) is 94.1 cm³/mol. The van der Waals surface area contributed by atoms with Crippen molar-refractivity contribution in [1.29, 1.82) is 0 Å². The number of para-hydroxylation sites is 1. The van der Waals surface area contributed by atoms with Crippen LogP contribution in [0.5, 0.6) is 0 Å². The fraction of sp³-hybridized carbons (Fsp3) is 0.421. The number of H-pyrrole nitrogens is 1. The average molecular weight is 356 g/mol. The van der Waals surface area contributed by atoms with Gasteiger partial charge in [-0.15, -0.1) is 0 Å². The van der Waals surface area contributed by atoms with Crippen molar-refractivity contribution >= 4 is 16.9 Å². The van der Waals surface area contributed by atoms with Crippen LogP contribution in [0.3, 0.4) is 0 Å². The maximum Gasteiger partial charge on any atom is 0.257 e. The number of halogens is 1. The van der Waals surface area contributed by atoms with E-state index in [1.807, 2.05) is 0 Å². The monoisotopic (exact) mass is 356 g/mol. The quantitative estimate of drug-likeness (QED) is 0.739. The standard InChI is InChI=1S/C19H21FN4O2/c1-11-13(10-26-24-11)19(25)23-16(12-6-3-2-4-7-12)18-21-15-9-5-8-14(20)17(15)22-18/h5,8-10,12,16H,2-4,6-7H2,1H3,(H,21,22)(H,23,25). The van der Waals surface area contributed by atoms with Gasteiger partial charge < -0.3 is 14.8 Å². The first kappa shape index (κ1) is 16.8. The van der Waals surface area contributed by atoms with Crippen molar-refractivity contribution in [2.45, 2.75) is 45.1 Å². The first-order valence-electron chi connectivity index (χ1n) is 8.99. The van der Waals surface area contributed by atoms with Crippen LogP contribution in [-0.4, -0.2) is 21.0 Å². The Bertz CT molecular complexity index is 927. The molecule has 1 aliphatic carbocycles. The van der Waals surface area contributed by atoms with Gasteiger partial charge in [-0.2, -0.15) is 0 Å². The third-order valence-electron chi connectivity index (χ3n) is 5.18. The smallest absolute Gasteiger partial charge is 0.257 e. The van der Waals surface area contributed by atoms with Gasteiger partial charge in [0, 0.05) is 0 Å². The Balaban J connectivity index is 1.68. The second-order valence-electron chi connectivity index (χ2n) is 6.92. The predicted octanol–water partition coefficient (Wildman–Crippen LogP) is 4.05. The Morgan fingerprint density at radius 3 is 2.85 bits per heavy atom. The van der Waals surface area contributed by atoms with E-state index in [-0.39, 0.29) is 23.7 Å². The molecule has 7 heteroatoms. The Morgan fingerprint density at radius 1 is 1.35 bits per heavy atom. The fourth-order valence-corrected chi connectivity index (χ4v) is 3.77. The first-order valence-corrected chi connectivity index (χ1v) is 8.99. The van der Waals surface area contributed by atoms with E-state index in [0.29, 0.717) is 28.1 Å². The number of nitrogens with one attached hydrogen (secondary N) is 2. The van der Waals surface area contributed by atoms with Crippen molar-refractivity contribution in [3.63, 3.8) is 0 Å². The van der Waals surface area contributed by atoms with E-state index in [0.717, 1.165) is 25.7 Å². The molecule has 1 aromatic carbocycles. The molecule has 1 amide bonds. The number of carbonyl (C=O) groups excluding carboxylic acids is 1. The minimum Gasteiger partial charge on any atom is -0.364 e. The normalized spacial score (nSPS) is 16.7. The molecule has 2 N–H and O–H groups in total. The largest absolute Gasteiger partial charge is 0.364 e. The summed E-state index contributed by atoms with van der Waals surface area (Å²) in [6, 6.07) is 4.53. The summed E-state index contributed by atoms with van der Waals surface area (Å²) in [5, 5.41) is 6.84. The third kappa shape index (κ3) is 3.09. The number of aromatic nitrogens is 3. The van der Waals surface area contributed by atoms with Crippen LogP contribution in [0.4, 0.5) is 4.39 Å². The fourth-order valence-electron chi connectivity index (χ4n) is 3.77. The maximum atomic E-state index is 14.1. The van der Waals surface area contributed by atoms with Crippen molar-refractivity contribution in [3.05, 3.63) is 47.4 Å². The lowest BCUT2D eigenvalue weighted by atomic mass is 9.83. The Hall–Kier alpha value is -2.70. The van der Waals surface area contributed by atoms with E-state index in [9.17, 15) is 9.18 Å². The molecule has 0 radical (unpaired) electrons. The minimum absolute atomic E-state index is 0.250. The van der Waals surface area contributed by atoms with E-state index in [2.05, 4.69) is 20.4 Å². The van der Waals surface area contributed by atoms with Gasteiger partial charge in [0.05, 0.1) is 17.3 Å². The zero-order valence-electron chi connectivity index (χ0n) is 14.6. The van der Waals surface area contributed by atoms with Crippen molar-refractivity contribution in [3.8, 4) is 0 Å². The highest BCUT2D eigenvalue weighted by Crippen LogP contribution is 2.34. The molecular weight excluding hydrogens is 335 g/mol. The number of benzene rings is 1. The molecule has 4 rings (SSSR count). The van der Waals surface area contributed by atoms with Gasteiger partial charge in [0.25, 0.3) is 5.91 Å². The second-order valence-corrected chi connectivity index (χ2v) is 6.92. The molecule has 0 saturated heterocycles. The summed E-state index contributed by atoms with van der Waals surface area (Å²) < 4.78 is 18.9. The molecule has 3 aromatic rings. The van der Waals surface area contributed by atoms with Crippen LogP contribution in [0.1, 0.15) is 60.0 Å². The van der Waals surface area contributed by atoms with Gasteiger partial charge in [0.1, 0.15) is 23.2 Å². The lowest BCUT2D eigenvalue weighted by Crippen LogP contribution is -2.35. The minimum atomic E-state index is -0.367. The summed E-state index contributed by atoms with van der Waals surface area (Å²) in [4.78, 5) is 20.4. The molecular formula is C19H21FN4O2. The van der Waals surface area contributed by atoms with Crippen LogP contribution in [0.15, 0.2) is 29.0 Å². The number of carbonyl (C=O) groups is 1. The zero-order chi connectivity index (χ0) is 18.1. The number of aromatic amines is 1. The lowest BCUT2D eigenvalue weighted by molar-refractivity contribution is 0.0908. The number of fused-ring (bicyclic) bond motifs is 1. The summed E-state index contributed by atoms with van der Waals surface area (Å²) in [6.07, 6.45) is 6.81. The van der Waals surface area contributed by atoms with Crippen LogP contribution >= 0.6 is 0 Å². The van der Waals surface area contributed by atoms with Crippen LogP contribution < -0.4 is 5.32 Å². The van der Waals surface area contributed by atoms with E-state index in [1.165, 1.54) is 18.8 Å². The van der Waals surface area contributed by atoms with E-state index in [1.54, 1.807) is 19.1 Å². The van der Waals surface area contributed by atoms with Gasteiger partial charge in [-0.3, -0.25) is 4.79 Å². The van der Waals surface area contributed by atoms with Crippen LogP contribution in [0.2, 0.25) is 0 Å². The molecule has 1 aliphatic rings. The first-order chi connectivity index (χ1) is 12.6. The summed E-state index contributed by atoms with van der Waals surface area (Å²) in [5.74, 6) is 0.241. The summed E-state index contributed by atoms with van der Waals surface area (Å²) >= 11 is 0. The van der Waals surface area contributed by atoms with E-state index < -0.39 is 0 Å². The van der Waals surface area contributed by atoms with Crippen molar-refractivity contribution in [1.82, 2.24) is 20.4 Å². The molecule has 2 aromatic heterocycles. The molecule has 1 unspecified atom stereocenters. The van der Waals surface area contributed by atoms with Crippen LogP contribution in [0, 0.1) is 18.7 Å². The van der Waals surface area contributed by atoms with E-state index >= 15 is 0 Å². The van der Waals surface area contributed by atoms with Crippen molar-refractivity contribution in [2.75, 3.05) is 0 Å². The molecule has 2 heterocycles. The SMILES string of the molecule is Cc1nocc1C(=O)NC(c1nc2c(F)cccc2[nH]1)C1CCCCC1. The van der Waals surface area contributed by atoms with Crippen LogP contribution in [0.25, 0.3) is 11.0 Å². The number of nitrogens with zero attached hydrogens (tertiary/aromatic N) is 2. The Labute approximate surface area is 150 Å². The molecule has 0 spiro atoms. The van der Waals surface area contributed by atoms with E-state index in [4.69, 9.17) is 4.52 Å². The number of amides is 1. The summed E-state index contributed by atoms with van der Waals surface area (Å²) in [6.45, 7) is 1.73. The van der Waals surface area contributed by atoms with Crippen LogP contribution in [-0.2, 0) is 0 Å². The van der Waals surface area contributed by atoms with Gasteiger partial charge in [0.15, 0.2) is 5.82 Å². The highest BCUT2D eigenvalue weighted by molar-refractivity contribution is 5.95. The van der Waals surface area contributed by atoms with Gasteiger partial charge in [-0.05, 0) is 37.8 Å². The molecule has 26 heavy (non-hydrogen) atoms. The van der Waals surface area contributed by atoms with Gasteiger partial charge in [-0.25, -0.2) is 9.37 Å². The number of imidazole rings is 1. The number of hydrogen-bond donors (Lipinski definition) is 2. The molecule has 1 atom stereocenters. The molecule has 136 valence electrons. The zero-order valence-corrected chi connectivity index (χ0v) is 14.6. The molecule has 1 saturated carbocycles. The lowest BCUT2D eigenvalue weighted by Gasteiger charge is -2.29. The third-order valence-corrected chi connectivity index (χ3v) is 5.18. The Morgan fingerprint density at radius 2 is 2.15 bits per heavy atom. The molecule has 6 nitrogen and oxygen atoms in total. The van der Waals surface area contributed by atoms with Gasteiger partial charge in [-0.1, -0.05) is 30.5 Å². The highest BCUT2D eigenvalue weighted by Gasteiger charge is 2.30. The van der Waals surface area contributed by atoms with Crippen molar-refractivity contribution < 1.29 is 13.7 Å². The molecule has 0 bridgehead atoms. The number of hydrogen-bond acceptors (Lipinski definition) is 4. The second kappa shape index (κ2) is 6.90. The molecule has 0 aliphatic heterocycles. The van der Waals surface area contributed by atoms with Gasteiger partial charge in [0.2, 0.25) is 0 Å². The highest BCUT2D eigenvalue weighted by atomic mass is 19.1. The molecule has 1 fully saturated rings. The topological polar surface area (TPSA) is 83.8 Å². The van der Waals surface area contributed by atoms with Gasteiger partial charge >= 0.3 is 0 Å². The number of aryl methyl sites for hydroxylation is 1.